The monoisotopic (exact) mass is 259 g/mol. The molecule has 0 aliphatic carbocycles. The lowest BCUT2D eigenvalue weighted by Crippen LogP contribution is -1.82. The van der Waals surface area contributed by atoms with Crippen LogP contribution in [0.5, 0.6) is 0 Å². The predicted molar refractivity (Wildman–Crippen MR) is 52.8 cm³/mol. The number of hydrogen-bond acceptors (Lipinski definition) is 3. The van der Waals surface area contributed by atoms with Crippen molar-refractivity contribution in [2.24, 2.45) is 0 Å². The number of allylic oxidation sites excluding steroid dienone is 1. The van der Waals surface area contributed by atoms with Crippen molar-refractivity contribution in [2.45, 2.75) is 10.8 Å². The number of halogens is 4. The Bertz CT molecular complexity index is 335. The number of aromatic nitrogens is 1. The molecule has 0 saturated heterocycles. The molecule has 0 unspecified atom stereocenters. The number of hydrogen-bond donors (Lipinski definition) is 0. The predicted octanol–water partition coefficient (Wildman–Crippen LogP) is 4.36. The maximum Gasteiger partial charge on any atom is 0.301 e. The van der Waals surface area contributed by atoms with Crippen molar-refractivity contribution in [3.05, 3.63) is 22.4 Å². The van der Waals surface area contributed by atoms with E-state index >= 15 is 0 Å². The molecule has 0 radical (unpaired) electrons. The summed E-state index contributed by atoms with van der Waals surface area (Å²) < 4.78 is 36.2. The van der Waals surface area contributed by atoms with Crippen LogP contribution in [0.3, 0.4) is 0 Å². The molecule has 78 valence electrons. The van der Waals surface area contributed by atoms with Gasteiger partial charge in [-0.25, -0.2) is 9.37 Å². The molecule has 0 fully saturated rings. The van der Waals surface area contributed by atoms with Gasteiger partial charge in [0.2, 0.25) is 0 Å². The normalized spacial score (nSPS) is 10.3. The lowest BCUT2D eigenvalue weighted by Gasteiger charge is -1.94. The van der Waals surface area contributed by atoms with E-state index in [0.29, 0.717) is 9.49 Å². The van der Waals surface area contributed by atoms with E-state index in [2.05, 4.69) is 4.98 Å². The van der Waals surface area contributed by atoms with Gasteiger partial charge in [-0.15, -0.1) is 11.3 Å². The number of rotatable bonds is 4. The summed E-state index contributed by atoms with van der Waals surface area (Å²) in [6.45, 7) is 0. The van der Waals surface area contributed by atoms with Crippen LogP contribution in [0.25, 0.3) is 0 Å². The van der Waals surface area contributed by atoms with E-state index in [1.165, 1.54) is 23.1 Å². The third-order valence-electron chi connectivity index (χ3n) is 1.21. The zero-order valence-electron chi connectivity index (χ0n) is 6.77. The second-order valence-electron chi connectivity index (χ2n) is 2.20. The van der Waals surface area contributed by atoms with Gasteiger partial charge in [0.1, 0.15) is 5.15 Å². The summed E-state index contributed by atoms with van der Waals surface area (Å²) in [7, 11) is 0. The first-order valence-corrected chi connectivity index (χ1v) is 5.77. The molecule has 1 rings (SSSR count). The minimum Gasteiger partial charge on any atom is -0.218 e. The van der Waals surface area contributed by atoms with Crippen LogP contribution < -0.4 is 0 Å². The molecule has 0 atom stereocenters. The van der Waals surface area contributed by atoms with E-state index in [9.17, 15) is 13.2 Å². The highest BCUT2D eigenvalue weighted by Gasteiger charge is 2.06. The summed E-state index contributed by atoms with van der Waals surface area (Å²) in [5.41, 5.74) is 0. The fraction of sp³-hybridized carbons (Fsp3) is 0.286. The highest BCUT2D eigenvalue weighted by Crippen LogP contribution is 2.27. The van der Waals surface area contributed by atoms with E-state index in [-0.39, 0.29) is 12.2 Å². The largest absolute Gasteiger partial charge is 0.301 e. The second-order valence-corrected chi connectivity index (χ2v) is 4.79. The van der Waals surface area contributed by atoms with E-state index in [1.807, 2.05) is 0 Å². The minimum atomic E-state index is -2.25. The van der Waals surface area contributed by atoms with E-state index in [1.54, 1.807) is 5.38 Å². The maximum absolute atomic E-state index is 12.3. The summed E-state index contributed by atoms with van der Waals surface area (Å²) in [4.78, 5) is 3.87. The van der Waals surface area contributed by atoms with Gasteiger partial charge in [0.15, 0.2) is 10.2 Å². The number of thiazole rings is 1. The Balaban J connectivity index is 2.32. The zero-order chi connectivity index (χ0) is 10.6. The molecule has 0 aliphatic heterocycles. The average Bonchev–Trinajstić information content (AvgIpc) is 2.51. The third kappa shape index (κ3) is 3.89. The first-order valence-electron chi connectivity index (χ1n) is 3.53. The highest BCUT2D eigenvalue weighted by molar-refractivity contribution is 8.01. The Morgan fingerprint density at radius 2 is 2.21 bits per heavy atom. The van der Waals surface area contributed by atoms with Gasteiger partial charge in [-0.3, -0.25) is 0 Å². The van der Waals surface area contributed by atoms with Gasteiger partial charge in [-0.05, 0) is 0 Å². The van der Waals surface area contributed by atoms with Gasteiger partial charge < -0.3 is 0 Å². The Morgan fingerprint density at radius 3 is 2.71 bits per heavy atom. The Kier molecular flexibility index (Phi) is 4.77. The minimum absolute atomic E-state index is 0.229. The van der Waals surface area contributed by atoms with Crippen molar-refractivity contribution >= 4 is 34.7 Å². The average molecular weight is 260 g/mol. The first kappa shape index (κ1) is 11.9. The van der Waals surface area contributed by atoms with E-state index in [4.69, 9.17) is 11.6 Å². The molecule has 0 N–H and O–H groups in total. The highest BCUT2D eigenvalue weighted by atomic mass is 35.5. The lowest BCUT2D eigenvalue weighted by atomic mass is 10.4. The molecular formula is C7H5ClF3NS2. The fourth-order valence-corrected chi connectivity index (χ4v) is 2.63. The van der Waals surface area contributed by atoms with Crippen LogP contribution in [-0.4, -0.2) is 10.7 Å². The second kappa shape index (κ2) is 5.63. The van der Waals surface area contributed by atoms with Gasteiger partial charge in [0.25, 0.3) is 0 Å². The fourth-order valence-electron chi connectivity index (χ4n) is 0.628. The molecule has 1 aromatic heterocycles. The molecule has 0 bridgehead atoms. The topological polar surface area (TPSA) is 12.9 Å². The van der Waals surface area contributed by atoms with Crippen LogP contribution in [0, 0.1) is 0 Å². The molecule has 0 spiro atoms. The lowest BCUT2D eigenvalue weighted by molar-refractivity contribution is 0.373. The smallest absolute Gasteiger partial charge is 0.218 e. The maximum atomic E-state index is 12.3. The summed E-state index contributed by atoms with van der Waals surface area (Å²) in [6, 6.07) is 0. The van der Waals surface area contributed by atoms with Gasteiger partial charge in [0.05, 0.1) is 0 Å². The van der Waals surface area contributed by atoms with E-state index < -0.39 is 11.9 Å². The van der Waals surface area contributed by atoms with Crippen molar-refractivity contribution in [1.82, 2.24) is 4.98 Å². The summed E-state index contributed by atoms with van der Waals surface area (Å²) >= 11 is 8.04. The first-order chi connectivity index (χ1) is 6.59. The molecule has 7 heteroatoms. The van der Waals surface area contributed by atoms with Crippen LogP contribution >= 0.6 is 34.7 Å². The molecule has 1 aromatic rings. The molecule has 0 saturated carbocycles. The molecule has 0 aliphatic rings. The molecule has 0 aromatic carbocycles. The molecule has 1 nitrogen and oxygen atoms in total. The summed E-state index contributed by atoms with van der Waals surface area (Å²) in [5, 5.41) is 2.00. The van der Waals surface area contributed by atoms with Gasteiger partial charge in [0, 0.05) is 17.6 Å². The quantitative estimate of drug-likeness (QED) is 0.746. The van der Waals surface area contributed by atoms with Crippen LogP contribution in [0.15, 0.2) is 21.6 Å². The van der Waals surface area contributed by atoms with Gasteiger partial charge >= 0.3 is 6.08 Å². The van der Waals surface area contributed by atoms with Crippen LogP contribution in [0.1, 0.15) is 6.42 Å². The summed E-state index contributed by atoms with van der Waals surface area (Å²) in [5.74, 6) is -1.13. The Hall–Kier alpha value is -0.200. The van der Waals surface area contributed by atoms with Crippen molar-refractivity contribution in [1.29, 1.82) is 0 Å². The zero-order valence-corrected chi connectivity index (χ0v) is 9.16. The van der Waals surface area contributed by atoms with Crippen LogP contribution in [0.4, 0.5) is 13.2 Å². The van der Waals surface area contributed by atoms with Crippen molar-refractivity contribution in [3.8, 4) is 0 Å². The number of nitrogens with zero attached hydrogens (tertiary/aromatic N) is 1. The standard InChI is InChI=1S/C7H5ClF3NS2/c8-5-3-14-7(12-5)13-2-1-4(9)6(10)11/h3H,1-2H2. The van der Waals surface area contributed by atoms with Crippen LogP contribution in [0.2, 0.25) is 5.15 Å². The van der Waals surface area contributed by atoms with Gasteiger partial charge in [-0.2, -0.15) is 8.78 Å². The molecule has 1 heterocycles. The van der Waals surface area contributed by atoms with Crippen molar-refractivity contribution in [3.63, 3.8) is 0 Å². The Morgan fingerprint density at radius 1 is 1.50 bits per heavy atom. The van der Waals surface area contributed by atoms with Crippen LogP contribution in [-0.2, 0) is 0 Å². The van der Waals surface area contributed by atoms with Gasteiger partial charge in [-0.1, -0.05) is 23.4 Å². The SMILES string of the molecule is FC(F)=C(F)CCSc1nc(Cl)cs1. The van der Waals surface area contributed by atoms with Crippen molar-refractivity contribution in [2.75, 3.05) is 5.75 Å². The van der Waals surface area contributed by atoms with Crippen molar-refractivity contribution < 1.29 is 13.2 Å². The third-order valence-corrected chi connectivity index (χ3v) is 3.55. The Labute approximate surface area is 92.0 Å². The number of thioether (sulfide) groups is 1. The molecular weight excluding hydrogens is 255 g/mol. The van der Waals surface area contributed by atoms with E-state index in [0.717, 1.165) is 0 Å². The molecule has 0 amide bonds. The molecule has 14 heavy (non-hydrogen) atoms. The summed E-state index contributed by atoms with van der Waals surface area (Å²) in [6.07, 6.45) is -2.53.